The highest BCUT2D eigenvalue weighted by molar-refractivity contribution is 5.89. The first-order chi connectivity index (χ1) is 7.09. The maximum atomic E-state index is 11.3. The standard InChI is InChI=1S/C9H9N3O3/c1-11-8(13)3-2-6-4-7(12(14)15)5-10-9(6)11/h2-6,9H,1H3. The lowest BCUT2D eigenvalue weighted by Crippen LogP contribution is -2.43. The quantitative estimate of drug-likeness (QED) is 0.455. The smallest absolute Gasteiger partial charge is 0.283 e. The second-order valence-corrected chi connectivity index (χ2v) is 3.43. The number of aliphatic imine (C=N–C) groups is 1. The normalized spacial score (nSPS) is 28.7. The molecule has 6 nitrogen and oxygen atoms in total. The molecule has 0 aliphatic carbocycles. The Morgan fingerprint density at radius 1 is 1.60 bits per heavy atom. The fourth-order valence-corrected chi connectivity index (χ4v) is 1.64. The van der Waals surface area contributed by atoms with Crippen LogP contribution in [0.1, 0.15) is 0 Å². The zero-order valence-corrected chi connectivity index (χ0v) is 8.03. The topological polar surface area (TPSA) is 75.8 Å². The summed E-state index contributed by atoms with van der Waals surface area (Å²) >= 11 is 0. The van der Waals surface area contributed by atoms with Gasteiger partial charge < -0.3 is 4.90 Å². The van der Waals surface area contributed by atoms with Gasteiger partial charge in [-0.2, -0.15) is 0 Å². The van der Waals surface area contributed by atoms with Crippen molar-refractivity contribution in [2.45, 2.75) is 6.17 Å². The first-order valence-corrected chi connectivity index (χ1v) is 4.44. The van der Waals surface area contributed by atoms with E-state index in [2.05, 4.69) is 4.99 Å². The van der Waals surface area contributed by atoms with Gasteiger partial charge in [0.05, 0.1) is 4.92 Å². The van der Waals surface area contributed by atoms with Crippen LogP contribution >= 0.6 is 0 Å². The molecule has 0 radical (unpaired) electrons. The van der Waals surface area contributed by atoms with Gasteiger partial charge in [0, 0.05) is 19.0 Å². The van der Waals surface area contributed by atoms with E-state index in [9.17, 15) is 14.9 Å². The Hall–Kier alpha value is -1.98. The molecular weight excluding hydrogens is 198 g/mol. The lowest BCUT2D eigenvalue weighted by Gasteiger charge is -2.32. The van der Waals surface area contributed by atoms with Gasteiger partial charge in [0.15, 0.2) is 0 Å². The lowest BCUT2D eigenvalue weighted by molar-refractivity contribution is -0.415. The van der Waals surface area contributed by atoms with Crippen molar-refractivity contribution in [1.82, 2.24) is 4.90 Å². The van der Waals surface area contributed by atoms with Crippen LogP contribution in [0.15, 0.2) is 28.9 Å². The molecule has 0 spiro atoms. The molecule has 0 bridgehead atoms. The van der Waals surface area contributed by atoms with Crippen LogP contribution in [0.25, 0.3) is 0 Å². The number of fused-ring (bicyclic) bond motifs is 1. The predicted octanol–water partition coefficient (Wildman–Crippen LogP) is 0.202. The van der Waals surface area contributed by atoms with Gasteiger partial charge in [-0.25, -0.2) is 0 Å². The van der Waals surface area contributed by atoms with Crippen LogP contribution in [0.3, 0.4) is 0 Å². The number of carbonyl (C=O) groups excluding carboxylic acids is 1. The van der Waals surface area contributed by atoms with Gasteiger partial charge in [-0.15, -0.1) is 0 Å². The van der Waals surface area contributed by atoms with Crippen LogP contribution < -0.4 is 0 Å². The van der Waals surface area contributed by atoms with Crippen molar-refractivity contribution in [3.05, 3.63) is 34.0 Å². The Labute approximate surface area is 85.7 Å². The minimum absolute atomic E-state index is 0.0244. The second kappa shape index (κ2) is 3.30. The number of dihydropyridines is 1. The van der Waals surface area contributed by atoms with E-state index in [1.54, 1.807) is 13.1 Å². The molecule has 2 heterocycles. The molecule has 15 heavy (non-hydrogen) atoms. The predicted molar refractivity (Wildman–Crippen MR) is 52.8 cm³/mol. The number of carbonyl (C=O) groups is 1. The van der Waals surface area contributed by atoms with Crippen LogP contribution in [0.5, 0.6) is 0 Å². The van der Waals surface area contributed by atoms with Gasteiger partial charge in [0.25, 0.3) is 5.70 Å². The average Bonchev–Trinajstić information content (AvgIpc) is 2.23. The maximum Gasteiger partial charge on any atom is 0.283 e. The second-order valence-electron chi connectivity index (χ2n) is 3.43. The van der Waals surface area contributed by atoms with Crippen molar-refractivity contribution in [2.75, 3.05) is 7.05 Å². The number of nitro groups is 1. The van der Waals surface area contributed by atoms with Crippen LogP contribution in [0.4, 0.5) is 0 Å². The van der Waals surface area contributed by atoms with Crippen molar-refractivity contribution in [1.29, 1.82) is 0 Å². The third-order valence-corrected chi connectivity index (χ3v) is 2.48. The highest BCUT2D eigenvalue weighted by Crippen LogP contribution is 2.24. The van der Waals surface area contributed by atoms with E-state index in [0.29, 0.717) is 0 Å². The number of allylic oxidation sites excluding steroid dienone is 1. The summed E-state index contributed by atoms with van der Waals surface area (Å²) in [7, 11) is 1.63. The molecule has 0 aromatic carbocycles. The Balaban J connectivity index is 2.32. The molecule has 0 fully saturated rings. The number of likely N-dealkylation sites (N-methyl/N-ethyl adjacent to an activating group) is 1. The van der Waals surface area contributed by atoms with Gasteiger partial charge in [-0.1, -0.05) is 6.08 Å². The van der Waals surface area contributed by atoms with E-state index >= 15 is 0 Å². The largest absolute Gasteiger partial charge is 0.319 e. The molecule has 2 aliphatic rings. The van der Waals surface area contributed by atoms with E-state index in [1.165, 1.54) is 23.3 Å². The average molecular weight is 207 g/mol. The molecule has 1 amide bonds. The maximum absolute atomic E-state index is 11.3. The Bertz CT molecular complexity index is 411. The number of rotatable bonds is 1. The van der Waals surface area contributed by atoms with Crippen LogP contribution in [0, 0.1) is 16.0 Å². The molecule has 0 saturated heterocycles. The zero-order valence-electron chi connectivity index (χ0n) is 8.03. The van der Waals surface area contributed by atoms with Crippen molar-refractivity contribution in [2.24, 2.45) is 10.9 Å². The van der Waals surface area contributed by atoms with E-state index in [-0.39, 0.29) is 23.7 Å². The molecular formula is C9H9N3O3. The number of nitrogens with zero attached hydrogens (tertiary/aromatic N) is 3. The van der Waals surface area contributed by atoms with Crippen LogP contribution in [0.2, 0.25) is 0 Å². The molecule has 2 atom stereocenters. The molecule has 0 aromatic heterocycles. The minimum Gasteiger partial charge on any atom is -0.319 e. The number of amides is 1. The summed E-state index contributed by atoms with van der Waals surface area (Å²) in [4.78, 5) is 26.8. The van der Waals surface area contributed by atoms with Crippen LogP contribution in [-0.2, 0) is 4.79 Å². The van der Waals surface area contributed by atoms with Crippen molar-refractivity contribution < 1.29 is 9.72 Å². The fraction of sp³-hybridized carbons (Fsp3) is 0.333. The number of hydrogen-bond acceptors (Lipinski definition) is 4. The van der Waals surface area contributed by atoms with E-state index in [0.717, 1.165) is 0 Å². The molecule has 2 rings (SSSR count). The molecule has 0 saturated carbocycles. The highest BCUT2D eigenvalue weighted by Gasteiger charge is 2.32. The summed E-state index contributed by atoms with van der Waals surface area (Å²) in [5.74, 6) is -0.329. The molecule has 2 aliphatic heterocycles. The summed E-state index contributed by atoms with van der Waals surface area (Å²) < 4.78 is 0. The monoisotopic (exact) mass is 207 g/mol. The van der Waals surface area contributed by atoms with Gasteiger partial charge in [-0.3, -0.25) is 19.9 Å². The fourth-order valence-electron chi connectivity index (χ4n) is 1.64. The zero-order chi connectivity index (χ0) is 11.0. The Morgan fingerprint density at radius 2 is 2.33 bits per heavy atom. The van der Waals surface area contributed by atoms with Gasteiger partial charge in [-0.05, 0) is 6.08 Å². The Kier molecular flexibility index (Phi) is 2.11. The molecule has 6 heteroatoms. The van der Waals surface area contributed by atoms with Crippen molar-refractivity contribution in [3.63, 3.8) is 0 Å². The Morgan fingerprint density at radius 3 is 3.00 bits per heavy atom. The lowest BCUT2D eigenvalue weighted by atomic mass is 9.98. The van der Waals surface area contributed by atoms with Crippen molar-refractivity contribution in [3.8, 4) is 0 Å². The molecule has 2 unspecified atom stereocenters. The SMILES string of the molecule is CN1C(=O)C=CC2C=C([N+](=O)[O-])C=NC21. The summed E-state index contributed by atoms with van der Waals surface area (Å²) in [5.41, 5.74) is -0.0244. The van der Waals surface area contributed by atoms with E-state index in [1.807, 2.05) is 0 Å². The molecule has 0 aromatic rings. The highest BCUT2D eigenvalue weighted by atomic mass is 16.6. The third kappa shape index (κ3) is 1.54. The third-order valence-electron chi connectivity index (χ3n) is 2.48. The van der Waals surface area contributed by atoms with Gasteiger partial charge >= 0.3 is 0 Å². The minimum atomic E-state index is -0.482. The summed E-state index contributed by atoms with van der Waals surface area (Å²) in [6.45, 7) is 0. The summed E-state index contributed by atoms with van der Waals surface area (Å²) in [6.07, 6.45) is 5.43. The van der Waals surface area contributed by atoms with Gasteiger partial charge in [0.1, 0.15) is 12.4 Å². The summed E-state index contributed by atoms with van der Waals surface area (Å²) in [5, 5.41) is 10.5. The summed E-state index contributed by atoms with van der Waals surface area (Å²) in [6, 6.07) is 0. The first-order valence-electron chi connectivity index (χ1n) is 4.44. The molecule has 78 valence electrons. The van der Waals surface area contributed by atoms with Gasteiger partial charge in [0.2, 0.25) is 5.91 Å². The number of hydrogen-bond donors (Lipinski definition) is 0. The van der Waals surface area contributed by atoms with Crippen LogP contribution in [-0.4, -0.2) is 35.2 Å². The first kappa shape index (κ1) is 9.57. The van der Waals surface area contributed by atoms with Crippen molar-refractivity contribution >= 4 is 12.1 Å². The van der Waals surface area contributed by atoms with E-state index < -0.39 is 4.92 Å². The van der Waals surface area contributed by atoms with E-state index in [4.69, 9.17) is 0 Å². The molecule has 0 N–H and O–H groups in total.